The van der Waals surface area contributed by atoms with Gasteiger partial charge in [-0.25, -0.2) is 4.98 Å². The van der Waals surface area contributed by atoms with Crippen LogP contribution in [-0.2, 0) is 11.4 Å². The Morgan fingerprint density at radius 2 is 2.21 bits per heavy atom. The van der Waals surface area contributed by atoms with Gasteiger partial charge >= 0.3 is 0 Å². The molecule has 0 atom stereocenters. The Labute approximate surface area is 167 Å². The van der Waals surface area contributed by atoms with Crippen LogP contribution in [0.25, 0.3) is 23.0 Å². The number of nitrogens with zero attached hydrogens (tertiary/aromatic N) is 3. The van der Waals surface area contributed by atoms with Crippen molar-refractivity contribution in [1.29, 1.82) is 0 Å². The smallest absolute Gasteiger partial charge is 0.251 e. The second kappa shape index (κ2) is 6.86. The van der Waals surface area contributed by atoms with Crippen LogP contribution in [0.15, 0.2) is 54.4 Å². The molecule has 1 aliphatic heterocycles. The summed E-state index contributed by atoms with van der Waals surface area (Å²) >= 11 is 0. The minimum Gasteiger partial charge on any atom is -0.392 e. The van der Waals surface area contributed by atoms with Crippen molar-refractivity contribution in [2.45, 2.75) is 31.9 Å². The summed E-state index contributed by atoms with van der Waals surface area (Å²) in [5.41, 5.74) is 5.35. The fourth-order valence-electron chi connectivity index (χ4n) is 3.50. The maximum absolute atomic E-state index is 12.1. The first kappa shape index (κ1) is 17.6. The number of carbonyl (C=O) groups excluding carboxylic acids is 1. The van der Waals surface area contributed by atoms with E-state index in [1.165, 1.54) is 0 Å². The molecule has 1 aromatic carbocycles. The number of anilines is 1. The maximum Gasteiger partial charge on any atom is 0.251 e. The van der Waals surface area contributed by atoms with E-state index >= 15 is 0 Å². The molecule has 3 heterocycles. The Bertz CT molecular complexity index is 1170. The lowest BCUT2D eigenvalue weighted by Crippen LogP contribution is -2.12. The molecule has 1 aliphatic carbocycles. The second-order valence-corrected chi connectivity index (χ2v) is 7.54. The topological polar surface area (TPSA) is 91.6 Å². The predicted octanol–water partition coefficient (Wildman–Crippen LogP) is 2.88. The minimum absolute atomic E-state index is 0.0215. The van der Waals surface area contributed by atoms with Gasteiger partial charge < -0.3 is 15.7 Å². The molecule has 0 unspecified atom stereocenters. The highest BCUT2D eigenvalue weighted by Gasteiger charge is 2.24. The van der Waals surface area contributed by atoms with E-state index in [4.69, 9.17) is 4.98 Å². The van der Waals surface area contributed by atoms with Gasteiger partial charge in [0.2, 0.25) is 0 Å². The van der Waals surface area contributed by atoms with Crippen LogP contribution in [0.4, 0.5) is 5.82 Å². The molecule has 0 spiro atoms. The molecule has 7 nitrogen and oxygen atoms in total. The molecule has 7 heteroatoms. The molecule has 1 saturated heterocycles. The first-order valence-electron chi connectivity index (χ1n) is 9.66. The molecule has 3 aromatic rings. The van der Waals surface area contributed by atoms with Crippen LogP contribution in [0.2, 0.25) is 0 Å². The predicted molar refractivity (Wildman–Crippen MR) is 111 cm³/mol. The van der Waals surface area contributed by atoms with Crippen molar-refractivity contribution < 1.29 is 9.90 Å². The molecule has 0 bridgehead atoms. The average Bonchev–Trinajstić information content (AvgIpc) is 3.36. The van der Waals surface area contributed by atoms with Crippen LogP contribution < -0.4 is 10.6 Å². The van der Waals surface area contributed by atoms with Crippen molar-refractivity contribution in [3.63, 3.8) is 0 Å². The summed E-state index contributed by atoms with van der Waals surface area (Å²) in [6.45, 7) is 3.81. The van der Waals surface area contributed by atoms with E-state index in [0.717, 1.165) is 41.0 Å². The van der Waals surface area contributed by atoms with E-state index < -0.39 is 0 Å². The van der Waals surface area contributed by atoms with Gasteiger partial charge in [-0.1, -0.05) is 24.8 Å². The van der Waals surface area contributed by atoms with Crippen molar-refractivity contribution in [1.82, 2.24) is 19.9 Å². The molecule has 3 N–H and O–H groups in total. The maximum atomic E-state index is 12.1. The Balaban J connectivity index is 1.65. The molecular weight excluding hydrogens is 366 g/mol. The van der Waals surface area contributed by atoms with Crippen molar-refractivity contribution in [3.05, 3.63) is 65.5 Å². The van der Waals surface area contributed by atoms with Gasteiger partial charge in [0.05, 0.1) is 18.5 Å². The van der Waals surface area contributed by atoms with Crippen molar-refractivity contribution in [2.75, 3.05) is 5.32 Å². The first-order chi connectivity index (χ1) is 14.1. The standard InChI is InChI=1S/C22H21N5O2/c1-13-7-16(22(29)24-13)9-17-11-23-27-20(25-18-5-6-18)10-19(26-21(17)27)15-4-2-3-14(8-15)12-28/h2-4,8-11,18,25,28H,1,5-7,12H2,(H,24,29)/b16-9+. The quantitative estimate of drug-likeness (QED) is 0.586. The highest BCUT2D eigenvalue weighted by Crippen LogP contribution is 2.30. The first-order valence-corrected chi connectivity index (χ1v) is 9.66. The number of aliphatic hydroxyl groups is 1. The zero-order chi connectivity index (χ0) is 20.0. The van der Waals surface area contributed by atoms with Crippen molar-refractivity contribution in [3.8, 4) is 11.3 Å². The van der Waals surface area contributed by atoms with Gasteiger partial charge in [-0.3, -0.25) is 4.79 Å². The molecule has 146 valence electrons. The van der Waals surface area contributed by atoms with Crippen molar-refractivity contribution >= 4 is 23.4 Å². The molecule has 5 rings (SSSR count). The number of fused-ring (bicyclic) bond motifs is 1. The van der Waals surface area contributed by atoms with Gasteiger partial charge in [-0.2, -0.15) is 9.61 Å². The largest absolute Gasteiger partial charge is 0.392 e. The summed E-state index contributed by atoms with van der Waals surface area (Å²) in [6, 6.07) is 10.1. The summed E-state index contributed by atoms with van der Waals surface area (Å²) in [5.74, 6) is 0.740. The third kappa shape index (κ3) is 3.40. The van der Waals surface area contributed by atoms with Gasteiger partial charge in [-0.15, -0.1) is 0 Å². The molecule has 2 fully saturated rings. The number of nitrogens with one attached hydrogen (secondary N) is 2. The molecule has 1 amide bonds. The third-order valence-corrected chi connectivity index (χ3v) is 5.15. The number of amides is 1. The van der Waals surface area contributed by atoms with Gasteiger partial charge in [0.1, 0.15) is 5.82 Å². The van der Waals surface area contributed by atoms with E-state index in [9.17, 15) is 9.90 Å². The van der Waals surface area contributed by atoms with E-state index in [1.807, 2.05) is 36.4 Å². The summed E-state index contributed by atoms with van der Waals surface area (Å²) < 4.78 is 1.78. The van der Waals surface area contributed by atoms with Crippen LogP contribution in [0.3, 0.4) is 0 Å². The number of benzene rings is 1. The van der Waals surface area contributed by atoms with Crippen LogP contribution in [0.5, 0.6) is 0 Å². The van der Waals surface area contributed by atoms with E-state index in [-0.39, 0.29) is 12.5 Å². The lowest BCUT2D eigenvalue weighted by Gasteiger charge is -2.11. The lowest BCUT2D eigenvalue weighted by molar-refractivity contribution is -0.115. The van der Waals surface area contributed by atoms with Crippen LogP contribution >= 0.6 is 0 Å². The molecule has 2 aromatic heterocycles. The van der Waals surface area contributed by atoms with E-state index in [1.54, 1.807) is 10.7 Å². The molecule has 2 aliphatic rings. The minimum atomic E-state index is -0.127. The third-order valence-electron chi connectivity index (χ3n) is 5.15. The van der Waals surface area contributed by atoms with E-state index in [0.29, 0.717) is 29.4 Å². The average molecular weight is 387 g/mol. The Morgan fingerprint density at radius 3 is 2.93 bits per heavy atom. The number of hydrogen-bond donors (Lipinski definition) is 3. The zero-order valence-electron chi connectivity index (χ0n) is 15.9. The zero-order valence-corrected chi connectivity index (χ0v) is 15.9. The number of allylic oxidation sites excluding steroid dienone is 1. The highest BCUT2D eigenvalue weighted by atomic mass is 16.3. The fraction of sp³-hybridized carbons (Fsp3) is 0.227. The highest BCUT2D eigenvalue weighted by molar-refractivity contribution is 6.02. The normalized spacial score (nSPS) is 17.9. The summed E-state index contributed by atoms with van der Waals surface area (Å²) in [5, 5.41) is 20.2. The summed E-state index contributed by atoms with van der Waals surface area (Å²) in [4.78, 5) is 16.9. The second-order valence-electron chi connectivity index (χ2n) is 7.54. The SMILES string of the molecule is C=C1C/C(=C\c2cnn3c(NC4CC4)cc(-c4cccc(CO)c4)nc23)C(=O)N1. The Morgan fingerprint density at radius 1 is 1.34 bits per heavy atom. The van der Waals surface area contributed by atoms with Gasteiger partial charge in [0, 0.05) is 40.9 Å². The van der Waals surface area contributed by atoms with Gasteiger partial charge in [-0.05, 0) is 30.5 Å². The number of rotatable bonds is 5. The monoisotopic (exact) mass is 387 g/mol. The Hall–Kier alpha value is -3.45. The molecule has 0 radical (unpaired) electrons. The summed E-state index contributed by atoms with van der Waals surface area (Å²) in [7, 11) is 0. The molecule has 1 saturated carbocycles. The van der Waals surface area contributed by atoms with E-state index in [2.05, 4.69) is 22.3 Å². The van der Waals surface area contributed by atoms with Crippen LogP contribution in [0, 0.1) is 0 Å². The lowest BCUT2D eigenvalue weighted by atomic mass is 10.1. The summed E-state index contributed by atoms with van der Waals surface area (Å²) in [6.07, 6.45) is 6.34. The fourth-order valence-corrected chi connectivity index (χ4v) is 3.50. The Kier molecular flexibility index (Phi) is 4.17. The van der Waals surface area contributed by atoms with Crippen LogP contribution in [-0.4, -0.2) is 31.7 Å². The number of hydrogen-bond acceptors (Lipinski definition) is 5. The van der Waals surface area contributed by atoms with Gasteiger partial charge in [0.15, 0.2) is 5.65 Å². The van der Waals surface area contributed by atoms with Crippen LogP contribution in [0.1, 0.15) is 30.4 Å². The number of carbonyl (C=O) groups is 1. The molecule has 29 heavy (non-hydrogen) atoms. The van der Waals surface area contributed by atoms with Crippen molar-refractivity contribution in [2.24, 2.45) is 0 Å². The molecular formula is C22H21N5O2. The number of aliphatic hydroxyl groups excluding tert-OH is 1. The van der Waals surface area contributed by atoms with Gasteiger partial charge in [0.25, 0.3) is 5.91 Å². The number of aromatic nitrogens is 3.